The van der Waals surface area contributed by atoms with Gasteiger partial charge in [-0.15, -0.1) is 0 Å². The van der Waals surface area contributed by atoms with E-state index >= 15 is 0 Å². The maximum Gasteiger partial charge on any atom is 0.258 e. The Hall–Kier alpha value is -2.08. The summed E-state index contributed by atoms with van der Waals surface area (Å²) in [5.74, 6) is 0. The highest BCUT2D eigenvalue weighted by molar-refractivity contribution is 5.88. The molecule has 4 N–H and O–H groups in total. The van der Waals surface area contributed by atoms with Gasteiger partial charge in [0, 0.05) is 13.1 Å². The molecular weight excluding hydrogens is 232 g/mol. The third-order valence-electron chi connectivity index (χ3n) is 3.29. The monoisotopic (exact) mass is 246 g/mol. The highest BCUT2D eigenvalue weighted by atomic mass is 16.3. The fourth-order valence-corrected chi connectivity index (χ4v) is 2.36. The van der Waals surface area contributed by atoms with Crippen LogP contribution in [0.15, 0.2) is 23.3 Å². The predicted molar refractivity (Wildman–Crippen MR) is 69.6 cm³/mol. The topological polar surface area (TPSA) is 95.2 Å². The molecule has 1 fully saturated rings. The number of hydrogen-bond donors (Lipinski definition) is 3. The van der Waals surface area contributed by atoms with Crippen molar-refractivity contribution in [1.29, 1.82) is 0 Å². The molecule has 0 amide bonds. The van der Waals surface area contributed by atoms with Gasteiger partial charge >= 0.3 is 0 Å². The van der Waals surface area contributed by atoms with Crippen molar-refractivity contribution in [3.63, 3.8) is 0 Å². The summed E-state index contributed by atoms with van der Waals surface area (Å²) >= 11 is 0. The third kappa shape index (κ3) is 1.70. The first-order chi connectivity index (χ1) is 8.65. The van der Waals surface area contributed by atoms with E-state index in [9.17, 15) is 9.90 Å². The van der Waals surface area contributed by atoms with Gasteiger partial charge in [-0.2, -0.15) is 0 Å². The van der Waals surface area contributed by atoms with Crippen molar-refractivity contribution >= 4 is 22.3 Å². The highest BCUT2D eigenvalue weighted by Gasteiger charge is 2.22. The van der Waals surface area contributed by atoms with Gasteiger partial charge in [-0.25, -0.2) is 4.98 Å². The molecule has 1 unspecified atom stereocenters. The van der Waals surface area contributed by atoms with Gasteiger partial charge < -0.3 is 20.7 Å². The number of benzene rings is 1. The Morgan fingerprint density at radius 3 is 3.06 bits per heavy atom. The Labute approximate surface area is 103 Å². The summed E-state index contributed by atoms with van der Waals surface area (Å²) in [5.41, 5.74) is 7.77. The van der Waals surface area contributed by atoms with Crippen molar-refractivity contribution in [1.82, 2.24) is 9.97 Å². The van der Waals surface area contributed by atoms with E-state index < -0.39 is 0 Å². The number of nitrogens with two attached hydrogens (primary N) is 1. The number of hydrogen-bond acceptors (Lipinski definition) is 5. The molecule has 0 bridgehead atoms. The van der Waals surface area contributed by atoms with E-state index in [0.717, 1.165) is 18.7 Å². The van der Waals surface area contributed by atoms with E-state index in [0.29, 0.717) is 23.1 Å². The molecule has 0 spiro atoms. The summed E-state index contributed by atoms with van der Waals surface area (Å²) in [6.45, 7) is 1.33. The second-order valence-electron chi connectivity index (χ2n) is 4.55. The van der Waals surface area contributed by atoms with Gasteiger partial charge in [-0.05, 0) is 18.6 Å². The van der Waals surface area contributed by atoms with Crippen LogP contribution in [0.25, 0.3) is 10.9 Å². The second kappa shape index (κ2) is 3.99. The van der Waals surface area contributed by atoms with Gasteiger partial charge in [0.1, 0.15) is 0 Å². The lowest BCUT2D eigenvalue weighted by molar-refractivity contribution is 0.198. The Balaban J connectivity index is 2.13. The minimum Gasteiger partial charge on any atom is -0.397 e. The standard InChI is InChI=1S/C12H14N4O2/c13-9-3-8-10(14-6-15-12(8)18)4-11(9)16-2-1-7(17)5-16/h3-4,6-7,17H,1-2,5,13H2,(H,14,15,18). The molecule has 3 rings (SSSR count). The zero-order chi connectivity index (χ0) is 12.7. The predicted octanol–water partition coefficient (Wildman–Crippen LogP) is 0.0763. The van der Waals surface area contributed by atoms with Crippen LogP contribution in [-0.2, 0) is 0 Å². The molecule has 1 aromatic heterocycles. The lowest BCUT2D eigenvalue weighted by Crippen LogP contribution is -2.22. The first-order valence-electron chi connectivity index (χ1n) is 5.85. The molecule has 2 heterocycles. The van der Waals surface area contributed by atoms with Gasteiger partial charge in [-0.1, -0.05) is 0 Å². The number of fused-ring (bicyclic) bond motifs is 1. The molecule has 2 aromatic rings. The Morgan fingerprint density at radius 2 is 2.33 bits per heavy atom. The largest absolute Gasteiger partial charge is 0.397 e. The molecule has 1 atom stereocenters. The average Bonchev–Trinajstić information content (AvgIpc) is 2.76. The van der Waals surface area contributed by atoms with E-state index in [1.165, 1.54) is 6.33 Å². The lowest BCUT2D eigenvalue weighted by Gasteiger charge is -2.20. The van der Waals surface area contributed by atoms with E-state index in [-0.39, 0.29) is 11.7 Å². The maximum atomic E-state index is 11.6. The SMILES string of the molecule is Nc1cc2c(=O)[nH]cnc2cc1N1CCC(O)C1. The first-order valence-corrected chi connectivity index (χ1v) is 5.85. The molecule has 0 aliphatic carbocycles. The molecule has 0 radical (unpaired) electrons. The van der Waals surface area contributed by atoms with Crippen molar-refractivity contribution in [3.05, 3.63) is 28.8 Å². The van der Waals surface area contributed by atoms with Crippen molar-refractivity contribution < 1.29 is 5.11 Å². The zero-order valence-corrected chi connectivity index (χ0v) is 9.76. The quantitative estimate of drug-likeness (QED) is 0.619. The normalized spacial score (nSPS) is 19.6. The Bertz CT molecular complexity index is 652. The number of aliphatic hydroxyl groups is 1. The number of H-pyrrole nitrogens is 1. The van der Waals surface area contributed by atoms with Crippen LogP contribution in [-0.4, -0.2) is 34.3 Å². The van der Waals surface area contributed by atoms with Crippen LogP contribution in [0.4, 0.5) is 11.4 Å². The molecule has 1 saturated heterocycles. The van der Waals surface area contributed by atoms with Crippen LogP contribution in [0.2, 0.25) is 0 Å². The number of nitrogens with zero attached hydrogens (tertiary/aromatic N) is 2. The molecule has 1 aliphatic rings. The minimum atomic E-state index is -0.313. The van der Waals surface area contributed by atoms with Crippen molar-refractivity contribution in [3.8, 4) is 0 Å². The third-order valence-corrected chi connectivity index (χ3v) is 3.29. The summed E-state index contributed by atoms with van der Waals surface area (Å²) in [6, 6.07) is 3.44. The number of nitrogens with one attached hydrogen (secondary N) is 1. The number of nitrogen functional groups attached to an aromatic ring is 1. The molecule has 0 saturated carbocycles. The molecule has 1 aromatic carbocycles. The summed E-state index contributed by atoms with van der Waals surface area (Å²) in [5, 5.41) is 10.0. The Morgan fingerprint density at radius 1 is 1.50 bits per heavy atom. The van der Waals surface area contributed by atoms with Crippen LogP contribution in [0, 0.1) is 0 Å². The van der Waals surface area contributed by atoms with Crippen molar-refractivity contribution in [2.75, 3.05) is 23.7 Å². The minimum absolute atomic E-state index is 0.195. The zero-order valence-electron chi connectivity index (χ0n) is 9.76. The average molecular weight is 246 g/mol. The number of aliphatic hydroxyl groups excluding tert-OH is 1. The van der Waals surface area contributed by atoms with Gasteiger partial charge in [0.25, 0.3) is 5.56 Å². The van der Waals surface area contributed by atoms with Gasteiger partial charge in [0.15, 0.2) is 0 Å². The molecule has 6 heteroatoms. The fraction of sp³-hybridized carbons (Fsp3) is 0.333. The van der Waals surface area contributed by atoms with Gasteiger partial charge in [-0.3, -0.25) is 4.79 Å². The van der Waals surface area contributed by atoms with Crippen molar-refractivity contribution in [2.24, 2.45) is 0 Å². The number of aromatic nitrogens is 2. The van der Waals surface area contributed by atoms with Crippen molar-refractivity contribution in [2.45, 2.75) is 12.5 Å². The van der Waals surface area contributed by atoms with Crippen LogP contribution in [0.1, 0.15) is 6.42 Å². The molecular formula is C12H14N4O2. The van der Waals surface area contributed by atoms with Crippen LogP contribution in [0.5, 0.6) is 0 Å². The van der Waals surface area contributed by atoms with Crippen LogP contribution >= 0.6 is 0 Å². The van der Waals surface area contributed by atoms with E-state index in [2.05, 4.69) is 9.97 Å². The number of rotatable bonds is 1. The Kier molecular flexibility index (Phi) is 2.45. The first kappa shape index (κ1) is 11.0. The number of aromatic amines is 1. The lowest BCUT2D eigenvalue weighted by atomic mass is 10.2. The summed E-state index contributed by atoms with van der Waals surface area (Å²) in [7, 11) is 0. The number of β-amino-alcohol motifs (C(OH)–C–C–N with tert-alkyl or cyclic N) is 1. The molecule has 18 heavy (non-hydrogen) atoms. The smallest absolute Gasteiger partial charge is 0.258 e. The van der Waals surface area contributed by atoms with Gasteiger partial charge in [0.05, 0.1) is 34.7 Å². The van der Waals surface area contributed by atoms with E-state index in [4.69, 9.17) is 5.73 Å². The number of anilines is 2. The second-order valence-corrected chi connectivity index (χ2v) is 4.55. The van der Waals surface area contributed by atoms with Crippen LogP contribution in [0.3, 0.4) is 0 Å². The summed E-state index contributed by atoms with van der Waals surface area (Å²) in [4.78, 5) is 20.3. The summed E-state index contributed by atoms with van der Waals surface area (Å²) < 4.78 is 0. The maximum absolute atomic E-state index is 11.6. The fourth-order valence-electron chi connectivity index (χ4n) is 2.36. The van der Waals surface area contributed by atoms with E-state index in [1.807, 2.05) is 4.90 Å². The van der Waals surface area contributed by atoms with Gasteiger partial charge in [0.2, 0.25) is 0 Å². The van der Waals surface area contributed by atoms with Crippen LogP contribution < -0.4 is 16.2 Å². The van der Waals surface area contributed by atoms with E-state index in [1.54, 1.807) is 12.1 Å². The highest BCUT2D eigenvalue weighted by Crippen LogP contribution is 2.29. The summed E-state index contributed by atoms with van der Waals surface area (Å²) in [6.07, 6.45) is 1.80. The molecule has 1 aliphatic heterocycles. The molecule has 94 valence electrons. The molecule has 6 nitrogen and oxygen atoms in total.